The van der Waals surface area contributed by atoms with Gasteiger partial charge in [-0.2, -0.15) is 0 Å². The smallest absolute Gasteiger partial charge is 0.174 e. The van der Waals surface area contributed by atoms with E-state index in [1.165, 1.54) is 0 Å². The van der Waals surface area contributed by atoms with Crippen LogP contribution in [0.25, 0.3) is 0 Å². The maximum absolute atomic E-state index is 10.8. The fourth-order valence-electron chi connectivity index (χ4n) is 1.05. The van der Waals surface area contributed by atoms with E-state index in [-0.39, 0.29) is 5.78 Å². The molecule has 0 amide bonds. The van der Waals surface area contributed by atoms with Crippen LogP contribution in [0.1, 0.15) is 19.8 Å². The number of carbonyl (C=O) groups is 1. The van der Waals surface area contributed by atoms with Crippen molar-refractivity contribution in [3.05, 3.63) is 11.8 Å². The van der Waals surface area contributed by atoms with Gasteiger partial charge in [0.05, 0.1) is 5.57 Å². The van der Waals surface area contributed by atoms with Crippen LogP contribution in [-0.2, 0) is 4.79 Å². The molecular formula is C8H12NO+. The molecule has 0 saturated carbocycles. The van der Waals surface area contributed by atoms with E-state index in [1.807, 2.05) is 17.8 Å². The predicted octanol–water partition coefficient (Wildman–Crippen LogP) is 0.966. The third-order valence-electron chi connectivity index (χ3n) is 1.64. The molecule has 1 aliphatic rings. The van der Waals surface area contributed by atoms with E-state index in [9.17, 15) is 4.79 Å². The van der Waals surface area contributed by atoms with Gasteiger partial charge in [-0.15, -0.1) is 0 Å². The highest BCUT2D eigenvalue weighted by Crippen LogP contribution is 2.08. The van der Waals surface area contributed by atoms with Gasteiger partial charge in [-0.25, -0.2) is 4.58 Å². The summed E-state index contributed by atoms with van der Waals surface area (Å²) < 4.78 is 1.94. The Labute approximate surface area is 60.9 Å². The first-order chi connectivity index (χ1) is 4.70. The van der Waals surface area contributed by atoms with Crippen molar-refractivity contribution >= 4 is 12.0 Å². The molecule has 0 bridgehead atoms. The summed E-state index contributed by atoms with van der Waals surface area (Å²) in [5.41, 5.74) is 0.935. The lowest BCUT2D eigenvalue weighted by atomic mass is 10.1. The van der Waals surface area contributed by atoms with Crippen molar-refractivity contribution in [1.82, 2.24) is 0 Å². The number of allylic oxidation sites excluding steroid dienone is 1. The molecule has 0 unspecified atom stereocenters. The first kappa shape index (κ1) is 7.19. The molecule has 0 aliphatic carbocycles. The molecule has 2 nitrogen and oxygen atoms in total. The van der Waals surface area contributed by atoms with Crippen LogP contribution in [0, 0.1) is 0 Å². The molecule has 1 heterocycles. The summed E-state index contributed by atoms with van der Waals surface area (Å²) in [4.78, 5) is 10.8. The van der Waals surface area contributed by atoms with E-state index in [0.717, 1.165) is 18.4 Å². The van der Waals surface area contributed by atoms with Crippen molar-refractivity contribution in [2.45, 2.75) is 19.8 Å². The molecule has 0 fully saturated rings. The molecule has 54 valence electrons. The lowest BCUT2D eigenvalue weighted by Crippen LogP contribution is -2.10. The summed E-state index contributed by atoms with van der Waals surface area (Å²) in [5, 5.41) is 0. The van der Waals surface area contributed by atoms with E-state index in [2.05, 4.69) is 6.21 Å². The second-order valence-electron chi connectivity index (χ2n) is 2.60. The molecule has 1 rings (SSSR count). The third kappa shape index (κ3) is 1.53. The summed E-state index contributed by atoms with van der Waals surface area (Å²) in [5.74, 6) is 0.194. The topological polar surface area (TPSA) is 20.1 Å². The number of rotatable bonds is 1. The standard InChI is InChI=1S/C8H12NO/c1-7(10)8-4-3-5-9(2)6-8/h5-6H,3-4H2,1-2H3/q+1. The van der Waals surface area contributed by atoms with Gasteiger partial charge in [-0.1, -0.05) is 0 Å². The fraction of sp³-hybridized carbons (Fsp3) is 0.500. The molecular weight excluding hydrogens is 126 g/mol. The van der Waals surface area contributed by atoms with E-state index >= 15 is 0 Å². The Morgan fingerprint density at radius 1 is 1.70 bits per heavy atom. The lowest BCUT2D eigenvalue weighted by molar-refractivity contribution is -0.420. The fourth-order valence-corrected chi connectivity index (χ4v) is 1.05. The molecule has 0 N–H and O–H groups in total. The number of nitrogens with zero attached hydrogens (tertiary/aromatic N) is 1. The monoisotopic (exact) mass is 138 g/mol. The predicted molar refractivity (Wildman–Crippen MR) is 40.2 cm³/mol. The van der Waals surface area contributed by atoms with Gasteiger partial charge in [0, 0.05) is 6.42 Å². The van der Waals surface area contributed by atoms with Gasteiger partial charge in [0.1, 0.15) is 13.3 Å². The Bertz CT molecular complexity index is 213. The minimum atomic E-state index is 0.194. The Morgan fingerprint density at radius 3 is 2.80 bits per heavy atom. The van der Waals surface area contributed by atoms with E-state index in [1.54, 1.807) is 6.92 Å². The van der Waals surface area contributed by atoms with Crippen LogP contribution in [-0.4, -0.2) is 23.6 Å². The first-order valence-electron chi connectivity index (χ1n) is 3.47. The first-order valence-corrected chi connectivity index (χ1v) is 3.47. The summed E-state index contributed by atoms with van der Waals surface area (Å²) in [6, 6.07) is 0. The van der Waals surface area contributed by atoms with E-state index < -0.39 is 0 Å². The zero-order valence-electron chi connectivity index (χ0n) is 6.42. The average molecular weight is 138 g/mol. The number of hydrogen-bond acceptors (Lipinski definition) is 1. The lowest BCUT2D eigenvalue weighted by Gasteiger charge is -2.02. The maximum Gasteiger partial charge on any atom is 0.174 e. The highest BCUT2D eigenvalue weighted by atomic mass is 16.1. The molecule has 0 aromatic carbocycles. The highest BCUT2D eigenvalue weighted by molar-refractivity contribution is 5.93. The van der Waals surface area contributed by atoms with Gasteiger partial charge >= 0.3 is 0 Å². The van der Waals surface area contributed by atoms with Gasteiger partial charge in [-0.3, -0.25) is 4.79 Å². The summed E-state index contributed by atoms with van der Waals surface area (Å²) >= 11 is 0. The largest absolute Gasteiger partial charge is 0.295 e. The van der Waals surface area contributed by atoms with Crippen molar-refractivity contribution in [2.24, 2.45) is 0 Å². The molecule has 0 aromatic heterocycles. The van der Waals surface area contributed by atoms with Crippen molar-refractivity contribution in [1.29, 1.82) is 0 Å². The SMILES string of the molecule is CC(=O)C1=C[N+](C)=CCC1. The summed E-state index contributed by atoms with van der Waals surface area (Å²) in [7, 11) is 1.95. The number of Topliss-reactive ketones (excluding diaryl/α,β-unsaturated/α-hetero) is 1. The maximum atomic E-state index is 10.8. The zero-order valence-corrected chi connectivity index (χ0v) is 6.42. The van der Waals surface area contributed by atoms with Crippen molar-refractivity contribution < 1.29 is 9.37 Å². The van der Waals surface area contributed by atoms with Gasteiger partial charge in [0.2, 0.25) is 0 Å². The number of hydrogen-bond donors (Lipinski definition) is 0. The van der Waals surface area contributed by atoms with Crippen LogP contribution in [0.2, 0.25) is 0 Å². The van der Waals surface area contributed by atoms with E-state index in [4.69, 9.17) is 0 Å². The minimum Gasteiger partial charge on any atom is -0.295 e. The van der Waals surface area contributed by atoms with Gasteiger partial charge in [0.15, 0.2) is 12.0 Å². The molecule has 0 spiro atoms. The van der Waals surface area contributed by atoms with Crippen LogP contribution in [0.4, 0.5) is 0 Å². The summed E-state index contributed by atoms with van der Waals surface area (Å²) in [6.07, 6.45) is 5.86. The quantitative estimate of drug-likeness (QED) is 0.494. The molecule has 0 radical (unpaired) electrons. The number of ketones is 1. The van der Waals surface area contributed by atoms with Crippen LogP contribution in [0.5, 0.6) is 0 Å². The Morgan fingerprint density at radius 2 is 2.40 bits per heavy atom. The normalized spacial score (nSPS) is 17.8. The highest BCUT2D eigenvalue weighted by Gasteiger charge is 2.11. The molecule has 0 saturated heterocycles. The molecule has 2 heteroatoms. The van der Waals surface area contributed by atoms with Crippen LogP contribution >= 0.6 is 0 Å². The Balaban J connectivity index is 2.78. The summed E-state index contributed by atoms with van der Waals surface area (Å²) in [6.45, 7) is 1.62. The van der Waals surface area contributed by atoms with Crippen LogP contribution < -0.4 is 0 Å². The zero-order chi connectivity index (χ0) is 7.56. The molecule has 1 aliphatic heterocycles. The number of carbonyl (C=O) groups excluding carboxylic acids is 1. The second-order valence-corrected chi connectivity index (χ2v) is 2.60. The third-order valence-corrected chi connectivity index (χ3v) is 1.64. The van der Waals surface area contributed by atoms with Crippen molar-refractivity contribution in [2.75, 3.05) is 7.05 Å². The van der Waals surface area contributed by atoms with E-state index in [0.29, 0.717) is 0 Å². The van der Waals surface area contributed by atoms with Gasteiger partial charge < -0.3 is 0 Å². The second kappa shape index (κ2) is 2.78. The van der Waals surface area contributed by atoms with Crippen LogP contribution in [0.3, 0.4) is 0 Å². The van der Waals surface area contributed by atoms with Gasteiger partial charge in [-0.05, 0) is 13.3 Å². The van der Waals surface area contributed by atoms with Crippen molar-refractivity contribution in [3.8, 4) is 0 Å². The Hall–Kier alpha value is -0.920. The van der Waals surface area contributed by atoms with Crippen molar-refractivity contribution in [3.63, 3.8) is 0 Å². The minimum absolute atomic E-state index is 0.194. The molecule has 10 heavy (non-hydrogen) atoms. The average Bonchev–Trinajstić information content (AvgIpc) is 1.88. The Kier molecular flexibility index (Phi) is 2.00. The molecule has 0 atom stereocenters. The van der Waals surface area contributed by atoms with Gasteiger partial charge in [0.25, 0.3) is 0 Å². The molecule has 0 aromatic rings. The van der Waals surface area contributed by atoms with Crippen LogP contribution in [0.15, 0.2) is 11.8 Å².